The van der Waals surface area contributed by atoms with Crippen molar-refractivity contribution in [3.63, 3.8) is 0 Å². The van der Waals surface area contributed by atoms with Gasteiger partial charge in [-0.15, -0.1) is 0 Å². The Morgan fingerprint density at radius 2 is 1.53 bits per heavy atom. The Balaban J connectivity index is 1.40. The van der Waals surface area contributed by atoms with E-state index in [2.05, 4.69) is 10.5 Å². The highest BCUT2D eigenvalue weighted by molar-refractivity contribution is 6.32. The number of aromatic nitrogens is 2. The van der Waals surface area contributed by atoms with Gasteiger partial charge in [0, 0.05) is 42.3 Å². The molecule has 3 aromatic carbocycles. The summed E-state index contributed by atoms with van der Waals surface area (Å²) < 4.78 is 7.33. The number of hydrogen-bond acceptors (Lipinski definition) is 5. The smallest absolute Gasteiger partial charge is 0.289 e. The van der Waals surface area contributed by atoms with E-state index in [1.54, 1.807) is 44.9 Å². The third-order valence-electron chi connectivity index (χ3n) is 6.31. The van der Waals surface area contributed by atoms with Gasteiger partial charge in [0.2, 0.25) is 0 Å². The zero-order chi connectivity index (χ0) is 26.6. The third-order valence-corrected chi connectivity index (χ3v) is 6.88. The molecule has 4 aromatic rings. The molecule has 0 aliphatic carbocycles. The van der Waals surface area contributed by atoms with Gasteiger partial charge in [-0.05, 0) is 36.4 Å². The van der Waals surface area contributed by atoms with Crippen LogP contribution < -0.4 is 10.2 Å². The van der Waals surface area contributed by atoms with Crippen molar-refractivity contribution in [3.05, 3.63) is 100 Å². The Bertz CT molecular complexity index is 1450. The van der Waals surface area contributed by atoms with Gasteiger partial charge in [0.05, 0.1) is 17.8 Å². The molecule has 1 N–H and O–H groups in total. The van der Waals surface area contributed by atoms with Crippen LogP contribution in [0.15, 0.2) is 78.9 Å². The molecule has 0 radical (unpaired) electrons. The molecule has 1 saturated heterocycles. The normalized spacial score (nSPS) is 13.8. The molecule has 1 aromatic heterocycles. The van der Waals surface area contributed by atoms with Crippen LogP contribution in [0.4, 0.5) is 0 Å². The Hall–Kier alpha value is -3.85. The van der Waals surface area contributed by atoms with Crippen LogP contribution in [0.5, 0.6) is 5.75 Å². The maximum atomic E-state index is 13.5. The van der Waals surface area contributed by atoms with Crippen molar-refractivity contribution in [2.75, 3.05) is 33.3 Å². The average molecular weight is 550 g/mol. The Labute approximate surface area is 230 Å². The van der Waals surface area contributed by atoms with Gasteiger partial charge in [-0.1, -0.05) is 65.7 Å². The summed E-state index contributed by atoms with van der Waals surface area (Å²) in [4.78, 5) is 28.0. The van der Waals surface area contributed by atoms with Gasteiger partial charge in [0.1, 0.15) is 5.69 Å². The van der Waals surface area contributed by atoms with Crippen molar-refractivity contribution in [3.8, 4) is 22.7 Å². The van der Waals surface area contributed by atoms with E-state index in [0.717, 1.165) is 5.56 Å². The lowest BCUT2D eigenvalue weighted by molar-refractivity contribution is 0.0502. The largest absolute Gasteiger partial charge is 0.492 e. The second-order valence-corrected chi connectivity index (χ2v) is 9.53. The molecule has 0 spiro atoms. The van der Waals surface area contributed by atoms with Gasteiger partial charge in [0.25, 0.3) is 11.8 Å². The lowest BCUT2D eigenvalue weighted by Gasteiger charge is -2.34. The molecule has 2 heterocycles. The van der Waals surface area contributed by atoms with Crippen molar-refractivity contribution in [1.82, 2.24) is 25.1 Å². The number of halogens is 2. The summed E-state index contributed by atoms with van der Waals surface area (Å²) in [6.45, 7) is 1.91. The van der Waals surface area contributed by atoms with Gasteiger partial charge in [-0.3, -0.25) is 15.0 Å². The first kappa shape index (κ1) is 25.8. The summed E-state index contributed by atoms with van der Waals surface area (Å²) in [5.41, 5.74) is 5.61. The monoisotopic (exact) mass is 549 g/mol. The molecule has 1 aliphatic heterocycles. The Kier molecular flexibility index (Phi) is 7.64. The van der Waals surface area contributed by atoms with Crippen molar-refractivity contribution in [1.29, 1.82) is 0 Å². The van der Waals surface area contributed by atoms with Gasteiger partial charge >= 0.3 is 0 Å². The van der Waals surface area contributed by atoms with E-state index >= 15 is 0 Å². The van der Waals surface area contributed by atoms with Crippen molar-refractivity contribution < 1.29 is 14.3 Å². The minimum Gasteiger partial charge on any atom is -0.492 e. The number of nitrogens with zero attached hydrogens (tertiary/aromatic N) is 4. The van der Waals surface area contributed by atoms with E-state index in [0.29, 0.717) is 58.9 Å². The summed E-state index contributed by atoms with van der Waals surface area (Å²) in [6.07, 6.45) is 0. The number of ether oxygens (including phenoxy) is 1. The SMILES string of the molecule is COc1c(C(=O)NN2CCN(C(=O)c3ccccc3)CC2)nn(-c2ccccc2Cl)c1-c1ccc(Cl)cc1. The molecule has 194 valence electrons. The van der Waals surface area contributed by atoms with Crippen molar-refractivity contribution in [2.45, 2.75) is 0 Å². The second kappa shape index (κ2) is 11.3. The number of carbonyl (C=O) groups excluding carboxylic acids is 2. The van der Waals surface area contributed by atoms with Crippen LogP contribution in [0, 0.1) is 0 Å². The first-order chi connectivity index (χ1) is 18.5. The van der Waals surface area contributed by atoms with E-state index in [1.807, 2.05) is 48.5 Å². The van der Waals surface area contributed by atoms with E-state index in [4.69, 9.17) is 27.9 Å². The zero-order valence-corrected chi connectivity index (χ0v) is 22.1. The van der Waals surface area contributed by atoms with Crippen LogP contribution >= 0.6 is 23.2 Å². The number of carbonyl (C=O) groups is 2. The van der Waals surface area contributed by atoms with E-state index in [-0.39, 0.29) is 11.6 Å². The van der Waals surface area contributed by atoms with Crippen LogP contribution in [0.25, 0.3) is 16.9 Å². The average Bonchev–Trinajstić information content (AvgIpc) is 3.34. The molecule has 0 saturated carbocycles. The number of piperazine rings is 1. The fourth-order valence-corrected chi connectivity index (χ4v) is 4.73. The van der Waals surface area contributed by atoms with Crippen LogP contribution in [0.2, 0.25) is 10.0 Å². The van der Waals surface area contributed by atoms with Gasteiger partial charge < -0.3 is 9.64 Å². The van der Waals surface area contributed by atoms with E-state index < -0.39 is 5.91 Å². The highest BCUT2D eigenvalue weighted by atomic mass is 35.5. The lowest BCUT2D eigenvalue weighted by Crippen LogP contribution is -2.54. The number of hydrazine groups is 1. The van der Waals surface area contributed by atoms with Crippen LogP contribution in [0.3, 0.4) is 0 Å². The van der Waals surface area contributed by atoms with E-state index in [1.165, 1.54) is 7.11 Å². The van der Waals surface area contributed by atoms with Crippen molar-refractivity contribution in [2.24, 2.45) is 0 Å². The van der Waals surface area contributed by atoms with Crippen LogP contribution in [0.1, 0.15) is 20.8 Å². The topological polar surface area (TPSA) is 79.7 Å². The van der Waals surface area contributed by atoms with E-state index in [9.17, 15) is 9.59 Å². The molecule has 10 heteroatoms. The quantitative estimate of drug-likeness (QED) is 0.367. The summed E-state index contributed by atoms with van der Waals surface area (Å²) in [6, 6.07) is 23.6. The van der Waals surface area contributed by atoms with Crippen molar-refractivity contribution >= 4 is 35.0 Å². The first-order valence-electron chi connectivity index (χ1n) is 12.0. The molecule has 38 heavy (non-hydrogen) atoms. The number of benzene rings is 3. The standard InChI is InChI=1S/C28H25Cl2N5O3/c1-38-26-24(27(36)32-34-17-15-33(16-18-34)28(37)20-7-3-2-4-8-20)31-35(23-10-6-5-9-22(23)30)25(26)19-11-13-21(29)14-12-19/h2-14H,15-18H2,1H3,(H,32,36). The summed E-state index contributed by atoms with van der Waals surface area (Å²) in [5.74, 6) is -0.141. The molecule has 8 nitrogen and oxygen atoms in total. The Morgan fingerprint density at radius 1 is 0.868 bits per heavy atom. The summed E-state index contributed by atoms with van der Waals surface area (Å²) in [5, 5.41) is 7.47. The van der Waals surface area contributed by atoms with Crippen LogP contribution in [-0.2, 0) is 0 Å². The highest BCUT2D eigenvalue weighted by Crippen LogP contribution is 2.37. The molecule has 0 atom stereocenters. The fraction of sp³-hybridized carbons (Fsp3) is 0.179. The number of hydrogen-bond donors (Lipinski definition) is 1. The molecular weight excluding hydrogens is 525 g/mol. The number of para-hydroxylation sites is 1. The molecule has 0 bridgehead atoms. The molecule has 2 amide bonds. The van der Waals surface area contributed by atoms with Gasteiger partial charge in [-0.25, -0.2) is 9.69 Å². The number of amides is 2. The summed E-state index contributed by atoms with van der Waals surface area (Å²) in [7, 11) is 1.50. The van der Waals surface area contributed by atoms with Gasteiger partial charge in [0.15, 0.2) is 11.4 Å². The maximum absolute atomic E-state index is 13.5. The highest BCUT2D eigenvalue weighted by Gasteiger charge is 2.29. The fourth-order valence-electron chi connectivity index (χ4n) is 4.39. The Morgan fingerprint density at radius 3 is 2.18 bits per heavy atom. The molecule has 1 fully saturated rings. The molecular formula is C28H25Cl2N5O3. The lowest BCUT2D eigenvalue weighted by atomic mass is 10.1. The number of nitrogens with one attached hydrogen (secondary N) is 1. The number of rotatable bonds is 6. The van der Waals surface area contributed by atoms with Crippen LogP contribution in [-0.4, -0.2) is 64.8 Å². The maximum Gasteiger partial charge on any atom is 0.289 e. The minimum absolute atomic E-state index is 0.0238. The minimum atomic E-state index is -0.425. The second-order valence-electron chi connectivity index (χ2n) is 8.69. The third kappa shape index (κ3) is 5.24. The first-order valence-corrected chi connectivity index (χ1v) is 12.8. The van der Waals surface area contributed by atoms with Gasteiger partial charge in [-0.2, -0.15) is 5.10 Å². The number of methoxy groups -OCH3 is 1. The predicted molar refractivity (Wildman–Crippen MR) is 147 cm³/mol. The predicted octanol–water partition coefficient (Wildman–Crippen LogP) is 4.96. The molecule has 0 unspecified atom stereocenters. The zero-order valence-electron chi connectivity index (χ0n) is 20.6. The summed E-state index contributed by atoms with van der Waals surface area (Å²) >= 11 is 12.6. The molecule has 5 rings (SSSR count). The molecule has 1 aliphatic rings.